The number of aromatic nitrogens is 3. The van der Waals surface area contributed by atoms with Crippen molar-refractivity contribution >= 4 is 29.0 Å². The summed E-state index contributed by atoms with van der Waals surface area (Å²) in [7, 11) is 0. The zero-order valence-electron chi connectivity index (χ0n) is 17.0. The summed E-state index contributed by atoms with van der Waals surface area (Å²) < 4.78 is 1.53. The lowest BCUT2D eigenvalue weighted by Crippen LogP contribution is -2.50. The average Bonchev–Trinajstić information content (AvgIpc) is 3.50. The lowest BCUT2D eigenvalue weighted by atomic mass is 10.1. The number of hydrogen-bond acceptors (Lipinski definition) is 7. The number of aryl methyl sites for hydroxylation is 1. The second kappa shape index (κ2) is 8.63. The summed E-state index contributed by atoms with van der Waals surface area (Å²) >= 11 is 3.31. The van der Waals surface area contributed by atoms with Gasteiger partial charge in [-0.15, -0.1) is 16.4 Å². The number of rotatable bonds is 6. The summed E-state index contributed by atoms with van der Waals surface area (Å²) in [6.45, 7) is 6.91. The van der Waals surface area contributed by atoms with Gasteiger partial charge in [0, 0.05) is 44.0 Å². The van der Waals surface area contributed by atoms with Crippen LogP contribution in [0.1, 0.15) is 34.0 Å². The van der Waals surface area contributed by atoms with Crippen LogP contribution in [-0.4, -0.2) is 61.9 Å². The molecular weight excluding hydrogens is 414 g/mol. The molecule has 0 bridgehead atoms. The molecule has 6 nitrogen and oxygen atoms in total. The van der Waals surface area contributed by atoms with Crippen LogP contribution in [0.25, 0.3) is 0 Å². The number of piperazine rings is 1. The Balaban J connectivity index is 1.31. The summed E-state index contributed by atoms with van der Waals surface area (Å²) in [5.41, 5.74) is 1.35. The van der Waals surface area contributed by atoms with Crippen molar-refractivity contribution in [3.8, 4) is 0 Å². The van der Waals surface area contributed by atoms with Gasteiger partial charge in [-0.05, 0) is 17.0 Å². The van der Waals surface area contributed by atoms with Gasteiger partial charge in [0.25, 0.3) is 5.91 Å². The van der Waals surface area contributed by atoms with Gasteiger partial charge in [-0.1, -0.05) is 55.1 Å². The summed E-state index contributed by atoms with van der Waals surface area (Å²) in [5.74, 6) is 0.804. The lowest BCUT2D eigenvalue weighted by Gasteiger charge is -2.40. The van der Waals surface area contributed by atoms with Gasteiger partial charge < -0.3 is 0 Å². The molecule has 1 aromatic carbocycles. The van der Waals surface area contributed by atoms with Crippen LogP contribution < -0.4 is 0 Å². The SMILES string of the molecule is CCc1nc2n(n1)C(=O)C(C(c1cccs1)N1CCN(Cc3ccccc3)CC1)S2. The first-order valence-electron chi connectivity index (χ1n) is 10.4. The molecule has 2 aliphatic heterocycles. The van der Waals surface area contributed by atoms with Crippen LogP contribution in [0.3, 0.4) is 0 Å². The molecule has 0 spiro atoms. The topological polar surface area (TPSA) is 54.3 Å². The first-order chi connectivity index (χ1) is 14.7. The van der Waals surface area contributed by atoms with Crippen molar-refractivity contribution in [3.05, 3.63) is 64.1 Å². The van der Waals surface area contributed by atoms with E-state index in [2.05, 4.69) is 67.7 Å². The summed E-state index contributed by atoms with van der Waals surface area (Å²) in [4.78, 5) is 24.0. The van der Waals surface area contributed by atoms with Crippen LogP contribution in [-0.2, 0) is 13.0 Å². The molecule has 5 rings (SSSR count). The van der Waals surface area contributed by atoms with Crippen molar-refractivity contribution in [2.75, 3.05) is 26.2 Å². The molecule has 156 valence electrons. The first kappa shape index (κ1) is 19.9. The predicted octanol–water partition coefficient (Wildman–Crippen LogP) is 3.58. The lowest BCUT2D eigenvalue weighted by molar-refractivity contribution is 0.0722. The Morgan fingerprint density at radius 1 is 1.10 bits per heavy atom. The normalized spacial score (nSPS) is 21.1. The van der Waals surface area contributed by atoms with Gasteiger partial charge in [-0.25, -0.2) is 4.98 Å². The number of hydrogen-bond donors (Lipinski definition) is 0. The van der Waals surface area contributed by atoms with E-state index in [0.29, 0.717) is 0 Å². The summed E-state index contributed by atoms with van der Waals surface area (Å²) in [5, 5.41) is 7.07. The Labute approximate surface area is 184 Å². The molecule has 2 aliphatic rings. The molecule has 8 heteroatoms. The molecule has 30 heavy (non-hydrogen) atoms. The van der Waals surface area contributed by atoms with Crippen LogP contribution in [0.5, 0.6) is 0 Å². The molecule has 2 unspecified atom stereocenters. The predicted molar refractivity (Wildman–Crippen MR) is 120 cm³/mol. The Bertz CT molecular complexity index is 996. The van der Waals surface area contributed by atoms with Crippen molar-refractivity contribution < 1.29 is 4.79 Å². The van der Waals surface area contributed by atoms with Crippen LogP contribution in [0.4, 0.5) is 0 Å². The third-order valence-electron chi connectivity index (χ3n) is 5.79. The monoisotopic (exact) mass is 439 g/mol. The van der Waals surface area contributed by atoms with Crippen molar-refractivity contribution in [1.82, 2.24) is 24.6 Å². The van der Waals surface area contributed by atoms with E-state index in [0.717, 1.165) is 50.1 Å². The molecule has 0 amide bonds. The van der Waals surface area contributed by atoms with Gasteiger partial charge in [0.2, 0.25) is 0 Å². The zero-order valence-corrected chi connectivity index (χ0v) is 18.6. The highest BCUT2D eigenvalue weighted by Gasteiger charge is 2.43. The van der Waals surface area contributed by atoms with Crippen molar-refractivity contribution in [2.24, 2.45) is 0 Å². The second-order valence-electron chi connectivity index (χ2n) is 7.71. The molecule has 3 aromatic rings. The Kier molecular flexibility index (Phi) is 5.73. The van der Waals surface area contributed by atoms with E-state index >= 15 is 0 Å². The minimum Gasteiger partial charge on any atom is -0.297 e. The molecule has 1 saturated heterocycles. The Hall–Kier alpha value is -2.00. The van der Waals surface area contributed by atoms with Crippen LogP contribution in [0.15, 0.2) is 53.0 Å². The van der Waals surface area contributed by atoms with E-state index in [1.165, 1.54) is 15.1 Å². The number of thiophene rings is 1. The first-order valence-corrected chi connectivity index (χ1v) is 12.2. The summed E-state index contributed by atoms with van der Waals surface area (Å²) in [6, 6.07) is 14.9. The quantitative estimate of drug-likeness (QED) is 0.585. The molecule has 0 radical (unpaired) electrons. The zero-order chi connectivity index (χ0) is 20.5. The molecule has 0 saturated carbocycles. The van der Waals surface area contributed by atoms with Gasteiger partial charge >= 0.3 is 0 Å². The number of benzene rings is 1. The number of carbonyl (C=O) groups is 1. The van der Waals surface area contributed by atoms with E-state index in [-0.39, 0.29) is 17.2 Å². The fraction of sp³-hybridized carbons (Fsp3) is 0.409. The van der Waals surface area contributed by atoms with Crippen molar-refractivity contribution in [2.45, 2.75) is 36.3 Å². The average molecular weight is 440 g/mol. The van der Waals surface area contributed by atoms with E-state index in [1.807, 2.05) is 6.92 Å². The molecular formula is C22H25N5OS2. The third kappa shape index (κ3) is 3.85. The van der Waals surface area contributed by atoms with Crippen LogP contribution >= 0.6 is 23.1 Å². The van der Waals surface area contributed by atoms with E-state index in [4.69, 9.17) is 0 Å². The number of fused-ring (bicyclic) bond motifs is 1. The van der Waals surface area contributed by atoms with Gasteiger partial charge in [-0.2, -0.15) is 4.68 Å². The maximum Gasteiger partial charge on any atom is 0.264 e. The highest BCUT2D eigenvalue weighted by molar-refractivity contribution is 8.01. The highest BCUT2D eigenvalue weighted by Crippen LogP contribution is 2.42. The van der Waals surface area contributed by atoms with E-state index in [9.17, 15) is 4.79 Å². The number of nitrogens with zero attached hydrogens (tertiary/aromatic N) is 5. The fourth-order valence-electron chi connectivity index (χ4n) is 4.21. The fourth-order valence-corrected chi connectivity index (χ4v) is 6.46. The van der Waals surface area contributed by atoms with Gasteiger partial charge in [0.15, 0.2) is 11.0 Å². The molecule has 0 aliphatic carbocycles. The van der Waals surface area contributed by atoms with Crippen molar-refractivity contribution in [1.29, 1.82) is 0 Å². The van der Waals surface area contributed by atoms with Gasteiger partial charge in [0.05, 0.1) is 6.04 Å². The third-order valence-corrected chi connectivity index (χ3v) is 7.92. The highest BCUT2D eigenvalue weighted by atomic mass is 32.2. The smallest absolute Gasteiger partial charge is 0.264 e. The van der Waals surface area contributed by atoms with E-state index < -0.39 is 0 Å². The maximum absolute atomic E-state index is 13.2. The minimum absolute atomic E-state index is 0.0623. The molecule has 1 fully saturated rings. The van der Waals surface area contributed by atoms with Crippen LogP contribution in [0, 0.1) is 0 Å². The van der Waals surface area contributed by atoms with Crippen LogP contribution in [0.2, 0.25) is 0 Å². The summed E-state index contributed by atoms with van der Waals surface area (Å²) in [6.07, 6.45) is 0.746. The largest absolute Gasteiger partial charge is 0.297 e. The van der Waals surface area contributed by atoms with E-state index in [1.54, 1.807) is 23.1 Å². The molecule has 4 heterocycles. The number of thioether (sulfide) groups is 1. The maximum atomic E-state index is 13.2. The Morgan fingerprint density at radius 2 is 1.90 bits per heavy atom. The Morgan fingerprint density at radius 3 is 2.57 bits per heavy atom. The minimum atomic E-state index is -0.190. The standard InChI is InChI=1S/C22H25N5OS2/c1-2-18-23-22-27(24-18)21(28)20(30-22)19(17-9-6-14-29-17)26-12-10-25(11-13-26)15-16-7-4-3-5-8-16/h3-9,14,19-20H,2,10-13,15H2,1H3. The second-order valence-corrected chi connectivity index (χ2v) is 9.80. The molecule has 2 aromatic heterocycles. The molecule has 2 atom stereocenters. The van der Waals surface area contributed by atoms with Gasteiger partial charge in [0.1, 0.15) is 5.25 Å². The molecule has 0 N–H and O–H groups in total. The number of carbonyl (C=O) groups excluding carboxylic acids is 1. The van der Waals surface area contributed by atoms with Crippen molar-refractivity contribution in [3.63, 3.8) is 0 Å². The van der Waals surface area contributed by atoms with Gasteiger partial charge in [-0.3, -0.25) is 14.6 Å².